The molecular weight excluding hydrogens is 328 g/mol. The van der Waals surface area contributed by atoms with Gasteiger partial charge in [0, 0.05) is 32.5 Å². The topological polar surface area (TPSA) is 49.9 Å². The van der Waals surface area contributed by atoms with Gasteiger partial charge < -0.3 is 14.5 Å². The van der Waals surface area contributed by atoms with Crippen LogP contribution in [0.1, 0.15) is 51.5 Å². The summed E-state index contributed by atoms with van der Waals surface area (Å²) in [6.07, 6.45) is 2.05. The van der Waals surface area contributed by atoms with E-state index in [4.69, 9.17) is 4.74 Å². The number of benzene rings is 1. The third-order valence-corrected chi connectivity index (χ3v) is 5.12. The van der Waals surface area contributed by atoms with Crippen molar-refractivity contribution < 1.29 is 14.3 Å². The number of amides is 2. The molecule has 1 aliphatic heterocycles. The number of likely N-dealkylation sites (tertiary alicyclic amines) is 1. The second-order valence-electron chi connectivity index (χ2n) is 7.34. The van der Waals surface area contributed by atoms with E-state index in [-0.39, 0.29) is 17.7 Å². The number of ether oxygens (including phenoxy) is 1. The minimum absolute atomic E-state index is 0.0197. The standard InChI is InChI=1S/C21H32N2O3/c1-5-20(24)23-12-10-18(11-13-23)21(25)22(4)14-15-26-19-8-6-17(7-9-19)16(2)3/h6-9,16,18H,5,10-15H2,1-4H3. The lowest BCUT2D eigenvalue weighted by Gasteiger charge is -2.33. The van der Waals surface area contributed by atoms with E-state index in [1.807, 2.05) is 31.0 Å². The minimum Gasteiger partial charge on any atom is -0.492 e. The Bertz CT molecular complexity index is 590. The summed E-state index contributed by atoms with van der Waals surface area (Å²) in [7, 11) is 1.83. The molecule has 0 aromatic heterocycles. The second kappa shape index (κ2) is 9.60. The SMILES string of the molecule is CCC(=O)N1CCC(C(=O)N(C)CCOc2ccc(C(C)C)cc2)CC1. The summed E-state index contributed by atoms with van der Waals surface area (Å²) in [5.41, 5.74) is 1.29. The predicted octanol–water partition coefficient (Wildman–Crippen LogP) is 3.30. The maximum Gasteiger partial charge on any atom is 0.225 e. The van der Waals surface area contributed by atoms with Crippen LogP contribution in [-0.4, -0.2) is 54.9 Å². The van der Waals surface area contributed by atoms with Gasteiger partial charge in [0.15, 0.2) is 0 Å². The monoisotopic (exact) mass is 360 g/mol. The van der Waals surface area contributed by atoms with E-state index in [1.54, 1.807) is 4.90 Å². The molecule has 1 fully saturated rings. The maximum absolute atomic E-state index is 12.6. The van der Waals surface area contributed by atoms with E-state index in [1.165, 1.54) is 5.56 Å². The number of likely N-dealkylation sites (N-methyl/N-ethyl adjacent to an activating group) is 1. The van der Waals surface area contributed by atoms with E-state index in [9.17, 15) is 9.59 Å². The fraction of sp³-hybridized carbons (Fsp3) is 0.619. The first-order valence-corrected chi connectivity index (χ1v) is 9.67. The van der Waals surface area contributed by atoms with Crippen LogP contribution in [0, 0.1) is 5.92 Å². The van der Waals surface area contributed by atoms with Crippen LogP contribution in [0.5, 0.6) is 5.75 Å². The Balaban J connectivity index is 1.73. The molecule has 0 spiro atoms. The highest BCUT2D eigenvalue weighted by atomic mass is 16.5. The van der Waals surface area contributed by atoms with Gasteiger partial charge in [0.2, 0.25) is 11.8 Å². The molecule has 1 aromatic carbocycles. The lowest BCUT2D eigenvalue weighted by molar-refractivity contribution is -0.139. The molecule has 2 rings (SSSR count). The first kappa shape index (κ1) is 20.3. The van der Waals surface area contributed by atoms with Crippen molar-refractivity contribution in [3.63, 3.8) is 0 Å². The number of carbonyl (C=O) groups is 2. The van der Waals surface area contributed by atoms with Gasteiger partial charge in [-0.1, -0.05) is 32.9 Å². The summed E-state index contributed by atoms with van der Waals surface area (Å²) < 4.78 is 5.77. The zero-order valence-corrected chi connectivity index (χ0v) is 16.5. The Hall–Kier alpha value is -2.04. The predicted molar refractivity (Wildman–Crippen MR) is 103 cm³/mol. The first-order chi connectivity index (χ1) is 12.4. The van der Waals surface area contributed by atoms with Crippen LogP contribution < -0.4 is 4.74 Å². The molecule has 5 heteroatoms. The van der Waals surface area contributed by atoms with E-state index < -0.39 is 0 Å². The first-order valence-electron chi connectivity index (χ1n) is 9.67. The number of hydrogen-bond donors (Lipinski definition) is 0. The van der Waals surface area contributed by atoms with Crippen molar-refractivity contribution in [1.29, 1.82) is 0 Å². The van der Waals surface area contributed by atoms with Crippen molar-refractivity contribution in [2.75, 3.05) is 33.3 Å². The molecule has 2 amide bonds. The van der Waals surface area contributed by atoms with Crippen molar-refractivity contribution in [2.24, 2.45) is 5.92 Å². The van der Waals surface area contributed by atoms with E-state index in [2.05, 4.69) is 26.0 Å². The number of rotatable bonds is 7. The average molecular weight is 360 g/mol. The van der Waals surface area contributed by atoms with E-state index >= 15 is 0 Å². The average Bonchev–Trinajstić information content (AvgIpc) is 2.67. The zero-order valence-electron chi connectivity index (χ0n) is 16.5. The fourth-order valence-electron chi connectivity index (χ4n) is 3.27. The summed E-state index contributed by atoms with van der Waals surface area (Å²) >= 11 is 0. The highest BCUT2D eigenvalue weighted by Gasteiger charge is 2.28. The molecule has 1 aliphatic rings. The van der Waals surface area contributed by atoms with Crippen LogP contribution in [0.2, 0.25) is 0 Å². The number of piperidine rings is 1. The summed E-state index contributed by atoms with van der Waals surface area (Å²) in [5.74, 6) is 1.70. The van der Waals surface area contributed by atoms with Crippen LogP contribution >= 0.6 is 0 Å². The molecule has 1 heterocycles. The Morgan fingerprint density at radius 1 is 1.19 bits per heavy atom. The van der Waals surface area contributed by atoms with Crippen molar-refractivity contribution in [3.8, 4) is 5.75 Å². The minimum atomic E-state index is 0.0197. The molecule has 144 valence electrons. The molecule has 0 bridgehead atoms. The molecule has 0 atom stereocenters. The van der Waals surface area contributed by atoms with Gasteiger partial charge in [-0.15, -0.1) is 0 Å². The van der Waals surface area contributed by atoms with Crippen LogP contribution in [0.15, 0.2) is 24.3 Å². The molecule has 0 N–H and O–H groups in total. The van der Waals surface area contributed by atoms with Gasteiger partial charge >= 0.3 is 0 Å². The Morgan fingerprint density at radius 2 is 1.81 bits per heavy atom. The second-order valence-corrected chi connectivity index (χ2v) is 7.34. The molecule has 5 nitrogen and oxygen atoms in total. The quantitative estimate of drug-likeness (QED) is 0.750. The Labute approximate surface area is 157 Å². The molecule has 26 heavy (non-hydrogen) atoms. The van der Waals surface area contributed by atoms with Gasteiger partial charge in [0.05, 0.1) is 6.54 Å². The Morgan fingerprint density at radius 3 is 2.35 bits per heavy atom. The Kier molecular flexibility index (Phi) is 7.49. The summed E-state index contributed by atoms with van der Waals surface area (Å²) in [6.45, 7) is 8.64. The highest BCUT2D eigenvalue weighted by molar-refractivity contribution is 5.80. The summed E-state index contributed by atoms with van der Waals surface area (Å²) in [5, 5.41) is 0. The van der Waals surface area contributed by atoms with E-state index in [0.29, 0.717) is 38.6 Å². The lowest BCUT2D eigenvalue weighted by Crippen LogP contribution is -2.44. The van der Waals surface area contributed by atoms with Gasteiger partial charge in [-0.05, 0) is 36.5 Å². The molecule has 0 aliphatic carbocycles. The number of hydrogen-bond acceptors (Lipinski definition) is 3. The highest BCUT2D eigenvalue weighted by Crippen LogP contribution is 2.20. The number of carbonyl (C=O) groups excluding carboxylic acids is 2. The van der Waals surface area contributed by atoms with Gasteiger partial charge in [-0.25, -0.2) is 0 Å². The van der Waals surface area contributed by atoms with Crippen molar-refractivity contribution >= 4 is 11.8 Å². The third kappa shape index (κ3) is 5.48. The van der Waals surface area contributed by atoms with Crippen molar-refractivity contribution in [3.05, 3.63) is 29.8 Å². The van der Waals surface area contributed by atoms with Gasteiger partial charge in [-0.3, -0.25) is 9.59 Å². The van der Waals surface area contributed by atoms with Crippen LogP contribution in [-0.2, 0) is 9.59 Å². The largest absolute Gasteiger partial charge is 0.492 e. The van der Waals surface area contributed by atoms with E-state index in [0.717, 1.165) is 18.6 Å². The number of nitrogens with zero attached hydrogens (tertiary/aromatic N) is 2. The van der Waals surface area contributed by atoms with Gasteiger partial charge in [0.25, 0.3) is 0 Å². The van der Waals surface area contributed by atoms with Crippen LogP contribution in [0.25, 0.3) is 0 Å². The molecule has 0 saturated carbocycles. The summed E-state index contributed by atoms with van der Waals surface area (Å²) in [4.78, 5) is 27.9. The third-order valence-electron chi connectivity index (χ3n) is 5.12. The lowest BCUT2D eigenvalue weighted by atomic mass is 9.95. The molecule has 1 saturated heterocycles. The fourth-order valence-corrected chi connectivity index (χ4v) is 3.27. The van der Waals surface area contributed by atoms with Crippen LogP contribution in [0.4, 0.5) is 0 Å². The zero-order chi connectivity index (χ0) is 19.1. The summed E-state index contributed by atoms with van der Waals surface area (Å²) in [6, 6.07) is 8.13. The molecule has 0 radical (unpaired) electrons. The normalized spacial score (nSPS) is 15.2. The van der Waals surface area contributed by atoms with Gasteiger partial charge in [-0.2, -0.15) is 0 Å². The smallest absolute Gasteiger partial charge is 0.225 e. The maximum atomic E-state index is 12.6. The molecule has 0 unspecified atom stereocenters. The van der Waals surface area contributed by atoms with Crippen molar-refractivity contribution in [1.82, 2.24) is 9.80 Å². The molecular formula is C21H32N2O3. The van der Waals surface area contributed by atoms with Crippen LogP contribution in [0.3, 0.4) is 0 Å². The van der Waals surface area contributed by atoms with Gasteiger partial charge in [0.1, 0.15) is 12.4 Å². The van der Waals surface area contributed by atoms with Crippen molar-refractivity contribution in [2.45, 2.75) is 46.0 Å². The molecule has 1 aromatic rings.